The van der Waals surface area contributed by atoms with E-state index < -0.39 is 10.0 Å². The fraction of sp³-hybridized carbons (Fsp3) is 0.381. The van der Waals surface area contributed by atoms with Crippen LogP contribution in [0.4, 0.5) is 0 Å². The molecule has 5 nitrogen and oxygen atoms in total. The van der Waals surface area contributed by atoms with E-state index in [1.807, 2.05) is 23.1 Å². The number of carbonyl (C=O) groups is 1. The Morgan fingerprint density at radius 1 is 1.04 bits per heavy atom. The highest BCUT2D eigenvalue weighted by atomic mass is 32.2. The summed E-state index contributed by atoms with van der Waals surface area (Å²) >= 11 is 0. The number of sulfonamides is 1. The minimum atomic E-state index is -3.61. The van der Waals surface area contributed by atoms with E-state index in [1.54, 1.807) is 26.0 Å². The summed E-state index contributed by atoms with van der Waals surface area (Å²) < 4.78 is 27.3. The summed E-state index contributed by atoms with van der Waals surface area (Å²) in [5.74, 6) is 0.361. The molecule has 2 aromatic rings. The van der Waals surface area contributed by atoms with Crippen LogP contribution in [-0.2, 0) is 10.0 Å². The van der Waals surface area contributed by atoms with Crippen molar-refractivity contribution < 1.29 is 13.2 Å². The van der Waals surface area contributed by atoms with Crippen molar-refractivity contribution in [3.8, 4) is 0 Å². The third-order valence-corrected chi connectivity index (χ3v) is 6.49. The molecule has 2 aromatic carbocycles. The summed E-state index contributed by atoms with van der Waals surface area (Å²) in [5, 5.41) is 0. The Hall–Kier alpha value is -2.18. The van der Waals surface area contributed by atoms with Gasteiger partial charge >= 0.3 is 0 Å². The molecule has 0 aromatic heterocycles. The second kappa shape index (κ2) is 8.23. The zero-order valence-electron chi connectivity index (χ0n) is 15.8. The summed E-state index contributed by atoms with van der Waals surface area (Å²) in [6, 6.07) is 16.5. The van der Waals surface area contributed by atoms with Crippen molar-refractivity contribution in [2.24, 2.45) is 0 Å². The average molecular weight is 387 g/mol. The molecule has 0 atom stereocenters. The average Bonchev–Trinajstić information content (AvgIpc) is 2.67. The molecule has 1 N–H and O–H groups in total. The molecule has 0 spiro atoms. The van der Waals surface area contributed by atoms with E-state index in [2.05, 4.69) is 16.9 Å². The normalized spacial score (nSPS) is 15.9. The predicted octanol–water partition coefficient (Wildman–Crippen LogP) is 3.39. The lowest BCUT2D eigenvalue weighted by Crippen LogP contribution is -2.38. The molecule has 1 aliphatic heterocycles. The SMILES string of the molecule is CC(C)NS(=O)(=O)c1cccc(C(=O)N2CCC(c3ccccc3)CC2)c1. The Morgan fingerprint density at radius 2 is 1.70 bits per heavy atom. The second-order valence-corrected chi connectivity index (χ2v) is 8.99. The van der Waals surface area contributed by atoms with Gasteiger partial charge in [-0.05, 0) is 56.4 Å². The highest BCUT2D eigenvalue weighted by Crippen LogP contribution is 2.28. The first-order chi connectivity index (χ1) is 12.9. The molecule has 0 bridgehead atoms. The molecule has 27 heavy (non-hydrogen) atoms. The number of rotatable bonds is 5. The molecule has 0 aliphatic carbocycles. The van der Waals surface area contributed by atoms with Crippen LogP contribution in [0.25, 0.3) is 0 Å². The number of carbonyl (C=O) groups excluding carboxylic acids is 1. The van der Waals surface area contributed by atoms with E-state index in [4.69, 9.17) is 0 Å². The number of nitrogens with zero attached hydrogens (tertiary/aromatic N) is 1. The quantitative estimate of drug-likeness (QED) is 0.856. The predicted molar refractivity (Wildman–Crippen MR) is 106 cm³/mol. The maximum Gasteiger partial charge on any atom is 0.253 e. The summed E-state index contributed by atoms with van der Waals surface area (Å²) in [4.78, 5) is 14.8. The second-order valence-electron chi connectivity index (χ2n) is 7.28. The number of benzene rings is 2. The van der Waals surface area contributed by atoms with E-state index in [0.717, 1.165) is 12.8 Å². The van der Waals surface area contributed by atoms with E-state index in [9.17, 15) is 13.2 Å². The standard InChI is InChI=1S/C21H26N2O3S/c1-16(2)22-27(25,26)20-10-6-9-19(15-20)21(24)23-13-11-18(12-14-23)17-7-4-3-5-8-17/h3-10,15-16,18,22H,11-14H2,1-2H3. The highest BCUT2D eigenvalue weighted by molar-refractivity contribution is 7.89. The number of hydrogen-bond donors (Lipinski definition) is 1. The van der Waals surface area contributed by atoms with Gasteiger partial charge in [0.05, 0.1) is 4.90 Å². The van der Waals surface area contributed by atoms with Crippen LogP contribution < -0.4 is 4.72 Å². The molecule has 1 heterocycles. The van der Waals surface area contributed by atoms with Gasteiger partial charge in [0, 0.05) is 24.7 Å². The van der Waals surface area contributed by atoms with Crippen molar-refractivity contribution in [3.63, 3.8) is 0 Å². The molecule has 1 fully saturated rings. The fourth-order valence-corrected chi connectivity index (χ4v) is 4.79. The van der Waals surface area contributed by atoms with Gasteiger partial charge in [0.2, 0.25) is 10.0 Å². The van der Waals surface area contributed by atoms with Crippen LogP contribution in [-0.4, -0.2) is 38.4 Å². The molecule has 144 valence electrons. The van der Waals surface area contributed by atoms with E-state index in [-0.39, 0.29) is 16.8 Å². The lowest BCUT2D eigenvalue weighted by Gasteiger charge is -2.32. The van der Waals surface area contributed by atoms with Crippen LogP contribution in [0.15, 0.2) is 59.5 Å². The summed E-state index contributed by atoms with van der Waals surface area (Å²) in [6.07, 6.45) is 1.84. The third kappa shape index (κ3) is 4.76. The Labute approximate surface area is 161 Å². The molecule has 0 saturated carbocycles. The number of nitrogens with one attached hydrogen (secondary N) is 1. The van der Waals surface area contributed by atoms with Crippen LogP contribution >= 0.6 is 0 Å². The zero-order valence-corrected chi connectivity index (χ0v) is 16.6. The number of likely N-dealkylation sites (tertiary alicyclic amines) is 1. The Balaban J connectivity index is 1.69. The lowest BCUT2D eigenvalue weighted by atomic mass is 9.89. The topological polar surface area (TPSA) is 66.5 Å². The largest absolute Gasteiger partial charge is 0.339 e. The monoisotopic (exact) mass is 386 g/mol. The van der Waals surface area contributed by atoms with Gasteiger partial charge in [-0.2, -0.15) is 0 Å². The van der Waals surface area contributed by atoms with Crippen LogP contribution in [0.3, 0.4) is 0 Å². The van der Waals surface area contributed by atoms with Gasteiger partial charge in [0.25, 0.3) is 5.91 Å². The zero-order chi connectivity index (χ0) is 19.4. The van der Waals surface area contributed by atoms with Gasteiger partial charge in [0.15, 0.2) is 0 Å². The van der Waals surface area contributed by atoms with Crippen molar-refractivity contribution in [2.75, 3.05) is 13.1 Å². The van der Waals surface area contributed by atoms with Crippen LogP contribution in [0.5, 0.6) is 0 Å². The van der Waals surface area contributed by atoms with Crippen LogP contribution in [0.2, 0.25) is 0 Å². The molecule has 0 radical (unpaired) electrons. The van der Waals surface area contributed by atoms with Crippen molar-refractivity contribution in [1.29, 1.82) is 0 Å². The van der Waals surface area contributed by atoms with Crippen LogP contribution in [0.1, 0.15) is 48.5 Å². The molecule has 0 unspecified atom stereocenters. The first-order valence-corrected chi connectivity index (χ1v) is 10.8. The number of hydrogen-bond acceptors (Lipinski definition) is 3. The minimum Gasteiger partial charge on any atom is -0.339 e. The van der Waals surface area contributed by atoms with E-state index in [1.165, 1.54) is 17.7 Å². The maximum atomic E-state index is 12.9. The van der Waals surface area contributed by atoms with Crippen molar-refractivity contribution in [1.82, 2.24) is 9.62 Å². The molecule has 6 heteroatoms. The lowest BCUT2D eigenvalue weighted by molar-refractivity contribution is 0.0712. The molecule has 1 aliphatic rings. The molecular weight excluding hydrogens is 360 g/mol. The third-order valence-electron chi connectivity index (χ3n) is 4.84. The molecule has 3 rings (SSSR count). The van der Waals surface area contributed by atoms with E-state index in [0.29, 0.717) is 24.6 Å². The Morgan fingerprint density at radius 3 is 2.33 bits per heavy atom. The molecule has 1 amide bonds. The minimum absolute atomic E-state index is 0.108. The number of amides is 1. The maximum absolute atomic E-state index is 12.9. The first-order valence-electron chi connectivity index (χ1n) is 9.33. The van der Waals surface area contributed by atoms with Crippen LogP contribution in [0, 0.1) is 0 Å². The smallest absolute Gasteiger partial charge is 0.253 e. The van der Waals surface area contributed by atoms with Gasteiger partial charge in [-0.25, -0.2) is 13.1 Å². The van der Waals surface area contributed by atoms with E-state index >= 15 is 0 Å². The van der Waals surface area contributed by atoms with Gasteiger partial charge in [-0.3, -0.25) is 4.79 Å². The molecular formula is C21H26N2O3S. The highest BCUT2D eigenvalue weighted by Gasteiger charge is 2.25. The van der Waals surface area contributed by atoms with Crippen molar-refractivity contribution >= 4 is 15.9 Å². The van der Waals surface area contributed by atoms with Gasteiger partial charge in [-0.1, -0.05) is 36.4 Å². The van der Waals surface area contributed by atoms with Crippen molar-refractivity contribution in [3.05, 3.63) is 65.7 Å². The Kier molecular flexibility index (Phi) is 5.97. The fourth-order valence-electron chi connectivity index (χ4n) is 3.50. The van der Waals surface area contributed by atoms with Gasteiger partial charge in [0.1, 0.15) is 0 Å². The van der Waals surface area contributed by atoms with Crippen molar-refractivity contribution in [2.45, 2.75) is 43.5 Å². The molecule has 1 saturated heterocycles. The summed E-state index contributed by atoms with van der Waals surface area (Å²) in [7, 11) is -3.61. The van der Waals surface area contributed by atoms with Gasteiger partial charge in [-0.15, -0.1) is 0 Å². The van der Waals surface area contributed by atoms with Gasteiger partial charge < -0.3 is 4.90 Å². The summed E-state index contributed by atoms with van der Waals surface area (Å²) in [5.41, 5.74) is 1.73. The Bertz CT molecular complexity index is 887. The first kappa shape index (κ1) is 19.6. The number of piperidine rings is 1. The summed E-state index contributed by atoms with van der Waals surface area (Å²) in [6.45, 7) is 4.89.